The molecule has 1 aromatic heterocycles. The molecule has 45 heavy (non-hydrogen) atoms. The van der Waals surface area contributed by atoms with Crippen LogP contribution in [0.2, 0.25) is 0 Å². The molecule has 1 aromatic carbocycles. The molecule has 0 radical (unpaired) electrons. The van der Waals surface area contributed by atoms with Crippen molar-refractivity contribution in [1.82, 2.24) is 19.7 Å². The van der Waals surface area contributed by atoms with Gasteiger partial charge in [0.2, 0.25) is 17.7 Å². The van der Waals surface area contributed by atoms with Crippen LogP contribution >= 0.6 is 0 Å². The van der Waals surface area contributed by atoms with E-state index in [-0.39, 0.29) is 48.0 Å². The summed E-state index contributed by atoms with van der Waals surface area (Å²) in [6.45, 7) is 11.0. The Morgan fingerprint density at radius 2 is 1.69 bits per heavy atom. The van der Waals surface area contributed by atoms with Crippen molar-refractivity contribution in [1.29, 1.82) is 0 Å². The SMILES string of the molecule is CCC(=O)N[C@@H](C(=O)N1CCN(C)CC1)[C@@H](C)c1ccc(NC(=O)[C@@H](CC(=O)c2cccn2CC)C2CCC(C)CC2)c(F)c1. The number of piperazine rings is 1. The lowest BCUT2D eigenvalue weighted by molar-refractivity contribution is -0.138. The Morgan fingerprint density at radius 1 is 1.00 bits per heavy atom. The van der Waals surface area contributed by atoms with Crippen molar-refractivity contribution >= 4 is 29.2 Å². The highest BCUT2D eigenvalue weighted by atomic mass is 19.1. The fraction of sp³-hybridized carbons (Fsp3) is 0.600. The third-order valence-electron chi connectivity index (χ3n) is 9.82. The monoisotopic (exact) mass is 623 g/mol. The summed E-state index contributed by atoms with van der Waals surface area (Å²) in [4.78, 5) is 56.9. The number of aromatic nitrogens is 1. The summed E-state index contributed by atoms with van der Waals surface area (Å²) in [5, 5.41) is 5.65. The molecule has 0 spiro atoms. The second-order valence-corrected chi connectivity index (χ2v) is 13.0. The first-order chi connectivity index (χ1) is 21.5. The Kier molecular flexibility index (Phi) is 11.9. The van der Waals surface area contributed by atoms with Gasteiger partial charge < -0.3 is 25.0 Å². The third-order valence-corrected chi connectivity index (χ3v) is 9.82. The number of nitrogens with one attached hydrogen (secondary N) is 2. The molecule has 0 bridgehead atoms. The van der Waals surface area contributed by atoms with E-state index in [0.29, 0.717) is 36.8 Å². The number of amides is 3. The predicted octanol–water partition coefficient (Wildman–Crippen LogP) is 5.07. The fourth-order valence-corrected chi connectivity index (χ4v) is 6.64. The zero-order chi connectivity index (χ0) is 32.7. The number of halogens is 1. The number of carbonyl (C=O) groups is 4. The number of benzene rings is 1. The van der Waals surface area contributed by atoms with Crippen LogP contribution in [0.1, 0.15) is 88.2 Å². The second-order valence-electron chi connectivity index (χ2n) is 13.0. The maximum absolute atomic E-state index is 15.6. The topological polar surface area (TPSA) is 104 Å². The van der Waals surface area contributed by atoms with Gasteiger partial charge in [-0.1, -0.05) is 39.7 Å². The predicted molar refractivity (Wildman–Crippen MR) is 173 cm³/mol. The van der Waals surface area contributed by atoms with Gasteiger partial charge >= 0.3 is 0 Å². The van der Waals surface area contributed by atoms with Crippen LogP contribution in [-0.4, -0.2) is 77.1 Å². The van der Waals surface area contributed by atoms with E-state index >= 15 is 4.39 Å². The van der Waals surface area contributed by atoms with Crippen LogP contribution < -0.4 is 10.6 Å². The van der Waals surface area contributed by atoms with Crippen LogP contribution in [0, 0.1) is 23.6 Å². The summed E-state index contributed by atoms with van der Waals surface area (Å²) < 4.78 is 17.5. The van der Waals surface area contributed by atoms with Crippen LogP contribution in [-0.2, 0) is 20.9 Å². The number of aryl methyl sites for hydroxylation is 1. The molecule has 1 saturated carbocycles. The van der Waals surface area contributed by atoms with Gasteiger partial charge in [-0.3, -0.25) is 19.2 Å². The fourth-order valence-electron chi connectivity index (χ4n) is 6.64. The van der Waals surface area contributed by atoms with Crippen LogP contribution in [0.15, 0.2) is 36.5 Å². The quantitative estimate of drug-likeness (QED) is 0.321. The lowest BCUT2D eigenvalue weighted by Gasteiger charge is -2.36. The number of likely N-dealkylation sites (N-methyl/N-ethyl adjacent to an activating group) is 1. The summed E-state index contributed by atoms with van der Waals surface area (Å²) in [7, 11) is 2.00. The minimum absolute atomic E-state index is 0.0362. The van der Waals surface area contributed by atoms with Crippen molar-refractivity contribution in [2.75, 3.05) is 38.5 Å². The van der Waals surface area contributed by atoms with E-state index in [2.05, 4.69) is 22.5 Å². The molecular weight excluding hydrogens is 573 g/mol. The van der Waals surface area contributed by atoms with E-state index in [0.717, 1.165) is 38.8 Å². The van der Waals surface area contributed by atoms with Crippen molar-refractivity contribution < 1.29 is 23.6 Å². The summed E-state index contributed by atoms with van der Waals surface area (Å²) in [6, 6.07) is 7.33. The molecule has 1 aliphatic heterocycles. The maximum atomic E-state index is 15.6. The van der Waals surface area contributed by atoms with Gasteiger partial charge in [-0.25, -0.2) is 4.39 Å². The average molecular weight is 624 g/mol. The first kappa shape index (κ1) is 34.3. The van der Waals surface area contributed by atoms with E-state index in [1.54, 1.807) is 30.9 Å². The molecule has 2 aromatic rings. The van der Waals surface area contributed by atoms with E-state index < -0.39 is 23.7 Å². The number of hydrogen-bond donors (Lipinski definition) is 2. The largest absolute Gasteiger partial charge is 0.345 e. The van der Waals surface area contributed by atoms with Gasteiger partial charge in [0.25, 0.3) is 0 Å². The molecular formula is C35H50FN5O4. The van der Waals surface area contributed by atoms with Crippen molar-refractivity contribution in [3.05, 3.63) is 53.6 Å². The molecule has 9 nitrogen and oxygen atoms in total. The molecule has 1 aliphatic carbocycles. The van der Waals surface area contributed by atoms with E-state index in [1.165, 1.54) is 12.1 Å². The summed E-state index contributed by atoms with van der Waals surface area (Å²) >= 11 is 0. The molecule has 2 N–H and O–H groups in total. The number of ketones is 1. The van der Waals surface area contributed by atoms with Gasteiger partial charge in [0.15, 0.2) is 5.78 Å². The van der Waals surface area contributed by atoms with Crippen molar-refractivity contribution in [2.45, 2.75) is 84.7 Å². The molecule has 4 rings (SSSR count). The third kappa shape index (κ3) is 8.60. The minimum atomic E-state index is -0.841. The van der Waals surface area contributed by atoms with Gasteiger partial charge in [-0.05, 0) is 68.5 Å². The van der Waals surface area contributed by atoms with E-state index in [4.69, 9.17) is 0 Å². The van der Waals surface area contributed by atoms with Gasteiger partial charge in [0.1, 0.15) is 11.9 Å². The molecule has 2 fully saturated rings. The first-order valence-corrected chi connectivity index (χ1v) is 16.6. The van der Waals surface area contributed by atoms with Gasteiger partial charge in [-0.2, -0.15) is 0 Å². The van der Waals surface area contributed by atoms with Crippen LogP contribution in [0.25, 0.3) is 0 Å². The highest BCUT2D eigenvalue weighted by Gasteiger charge is 2.35. The van der Waals surface area contributed by atoms with Crippen LogP contribution in [0.3, 0.4) is 0 Å². The lowest BCUT2D eigenvalue weighted by atomic mass is 9.74. The molecule has 0 unspecified atom stereocenters. The van der Waals surface area contributed by atoms with Crippen LogP contribution in [0.5, 0.6) is 0 Å². The minimum Gasteiger partial charge on any atom is -0.345 e. The van der Waals surface area contributed by atoms with Gasteiger partial charge in [0.05, 0.1) is 11.4 Å². The normalized spacial score (nSPS) is 21.1. The number of rotatable bonds is 12. The Bertz CT molecular complexity index is 1340. The van der Waals surface area contributed by atoms with E-state index in [9.17, 15) is 19.2 Å². The van der Waals surface area contributed by atoms with Crippen molar-refractivity contribution in [3.63, 3.8) is 0 Å². The molecule has 1 saturated heterocycles. The van der Waals surface area contributed by atoms with Crippen molar-refractivity contribution in [2.24, 2.45) is 17.8 Å². The first-order valence-electron chi connectivity index (χ1n) is 16.6. The summed E-state index contributed by atoms with van der Waals surface area (Å²) in [5.41, 5.74) is 1.16. The molecule has 10 heteroatoms. The Balaban J connectivity index is 1.52. The lowest BCUT2D eigenvalue weighted by Crippen LogP contribution is -2.55. The zero-order valence-corrected chi connectivity index (χ0v) is 27.5. The maximum Gasteiger partial charge on any atom is 0.245 e. The standard InChI is InChI=1S/C35H50FN5O4/c1-6-32(43)38-33(35(45)41-19-17-39(5)18-20-41)24(4)26-14-15-29(28(36)21-26)37-34(44)27(25-12-10-23(3)11-13-25)22-31(42)30-9-8-16-40(30)7-2/h8-9,14-16,21,23-25,27,33H,6-7,10-13,17-20,22H2,1-5H3,(H,37,44)(H,38,43)/t23?,24-,25?,27-,33+/m0/s1. The second kappa shape index (κ2) is 15.7. The highest BCUT2D eigenvalue weighted by Crippen LogP contribution is 2.36. The summed E-state index contributed by atoms with van der Waals surface area (Å²) in [5.74, 6) is -1.94. The number of nitrogens with zero attached hydrogens (tertiary/aromatic N) is 3. The molecule has 2 heterocycles. The average Bonchev–Trinajstić information content (AvgIpc) is 3.53. The number of anilines is 1. The Morgan fingerprint density at radius 3 is 2.31 bits per heavy atom. The Labute approximate surface area is 266 Å². The van der Waals surface area contributed by atoms with Gasteiger partial charge in [0, 0.05) is 63.6 Å². The van der Waals surface area contributed by atoms with Crippen molar-refractivity contribution in [3.8, 4) is 0 Å². The number of Topliss-reactive ketones (excluding diaryl/α,β-unsaturated/α-hetero) is 1. The number of carbonyl (C=O) groups excluding carboxylic acids is 4. The molecule has 3 amide bonds. The number of hydrogen-bond acceptors (Lipinski definition) is 5. The van der Waals surface area contributed by atoms with Gasteiger partial charge in [-0.15, -0.1) is 0 Å². The van der Waals surface area contributed by atoms with E-state index in [1.807, 2.05) is 30.8 Å². The Hall–Kier alpha value is -3.53. The summed E-state index contributed by atoms with van der Waals surface area (Å²) in [6.07, 6.45) is 5.86. The smallest absolute Gasteiger partial charge is 0.245 e. The molecule has 3 atom stereocenters. The zero-order valence-electron chi connectivity index (χ0n) is 27.5. The van der Waals surface area contributed by atoms with Crippen LogP contribution in [0.4, 0.5) is 10.1 Å². The highest BCUT2D eigenvalue weighted by molar-refractivity contribution is 6.00. The molecule has 246 valence electrons. The molecule has 2 aliphatic rings.